The summed E-state index contributed by atoms with van der Waals surface area (Å²) in [6.07, 6.45) is 0. The van der Waals surface area contributed by atoms with Crippen molar-refractivity contribution in [1.29, 1.82) is 0 Å². The van der Waals surface area contributed by atoms with E-state index in [0.717, 1.165) is 33.5 Å². The van der Waals surface area contributed by atoms with Crippen LogP contribution in [-0.4, -0.2) is 99.6 Å². The topological polar surface area (TPSA) is 83.1 Å². The maximum Gasteiger partial charge on any atom is 0.119 e. The molecule has 9 nitrogen and oxygen atoms in total. The van der Waals surface area contributed by atoms with E-state index in [-0.39, 0.29) is 0 Å². The highest BCUT2D eigenvalue weighted by Crippen LogP contribution is 2.26. The van der Waals surface area contributed by atoms with Crippen molar-refractivity contribution in [3.63, 3.8) is 0 Å². The zero-order valence-electron chi connectivity index (χ0n) is 29.6. The van der Waals surface area contributed by atoms with Gasteiger partial charge in [0, 0.05) is 12.4 Å². The fraction of sp³-hybridized carbons (Fsp3) is 0.415. The highest BCUT2D eigenvalue weighted by molar-refractivity contribution is 9.08. The van der Waals surface area contributed by atoms with Gasteiger partial charge in [0.15, 0.2) is 0 Å². The Kier molecular flexibility index (Phi) is 20.3. The number of alkyl halides is 1. The molecule has 4 rings (SSSR count). The second-order valence-corrected chi connectivity index (χ2v) is 11.9. The molecule has 0 spiro atoms. The highest BCUT2D eigenvalue weighted by atomic mass is 79.9. The summed E-state index contributed by atoms with van der Waals surface area (Å²) in [5, 5.41) is 0.865. The molecule has 0 aliphatic heterocycles. The first kappa shape index (κ1) is 40.5. The fourth-order valence-corrected chi connectivity index (χ4v) is 5.17. The Bertz CT molecular complexity index is 1430. The van der Waals surface area contributed by atoms with Crippen molar-refractivity contribution in [1.82, 2.24) is 0 Å². The Morgan fingerprint density at radius 1 is 0.353 bits per heavy atom. The minimum absolute atomic E-state index is 0.467. The average Bonchev–Trinajstić information content (AvgIpc) is 3.18. The number of hydrogen-bond acceptors (Lipinski definition) is 9. The summed E-state index contributed by atoms with van der Waals surface area (Å²) < 4.78 is 49.7. The molecular weight excluding hydrogens is 716 g/mol. The van der Waals surface area contributed by atoms with Crippen LogP contribution in [0.3, 0.4) is 0 Å². The molecule has 0 heterocycles. The first-order valence-electron chi connectivity index (χ1n) is 17.4. The van der Waals surface area contributed by atoms with Crippen molar-refractivity contribution in [3.8, 4) is 33.8 Å². The summed E-state index contributed by atoms with van der Waals surface area (Å²) >= 11 is 3.50. The van der Waals surface area contributed by atoms with Crippen LogP contribution in [-0.2, 0) is 45.1 Å². The van der Waals surface area contributed by atoms with Crippen molar-refractivity contribution in [2.24, 2.45) is 0 Å². The number of ether oxygens (including phenoxy) is 9. The van der Waals surface area contributed by atoms with E-state index in [9.17, 15) is 0 Å². The molecule has 0 aliphatic carbocycles. The third-order valence-corrected chi connectivity index (χ3v) is 8.28. The average molecular weight is 768 g/mol. The second kappa shape index (κ2) is 25.6. The van der Waals surface area contributed by atoms with Crippen molar-refractivity contribution < 1.29 is 42.6 Å². The molecule has 0 bridgehead atoms. The molecule has 0 aromatic heterocycles. The third kappa shape index (κ3) is 16.7. The van der Waals surface area contributed by atoms with Gasteiger partial charge in [-0.2, -0.15) is 0 Å². The Hall–Kier alpha value is -3.32. The predicted octanol–water partition coefficient (Wildman–Crippen LogP) is 7.62. The molecule has 0 unspecified atom stereocenters. The number of hydrogen-bond donors (Lipinski definition) is 0. The third-order valence-electron chi connectivity index (χ3n) is 7.63. The van der Waals surface area contributed by atoms with Crippen LogP contribution in [0.5, 0.6) is 11.5 Å². The predicted molar refractivity (Wildman–Crippen MR) is 203 cm³/mol. The zero-order valence-corrected chi connectivity index (χ0v) is 31.2. The van der Waals surface area contributed by atoms with Gasteiger partial charge in [-0.1, -0.05) is 88.7 Å². The molecule has 0 saturated heterocycles. The Labute approximate surface area is 311 Å². The van der Waals surface area contributed by atoms with Gasteiger partial charge in [-0.15, -0.1) is 0 Å². The maximum absolute atomic E-state index is 6.05. The van der Waals surface area contributed by atoms with Crippen molar-refractivity contribution >= 4 is 15.9 Å². The SMILES string of the molecule is COCCOCCOCCOCCOCCOCCOCCOc1ccc(-c2ccc(OCc3ccc(-c4ccc(CBr)cc4)cc3)cc2)cc1. The highest BCUT2D eigenvalue weighted by Gasteiger charge is 2.03. The molecule has 0 fully saturated rings. The maximum atomic E-state index is 6.05. The lowest BCUT2D eigenvalue weighted by molar-refractivity contribution is -0.0199. The molecule has 0 atom stereocenters. The molecule has 0 radical (unpaired) electrons. The van der Waals surface area contributed by atoms with Gasteiger partial charge >= 0.3 is 0 Å². The van der Waals surface area contributed by atoms with Gasteiger partial charge in [0.1, 0.15) is 24.7 Å². The standard InChI is InChI=1S/C41H51BrO9/c1-43-18-19-44-20-21-45-22-23-46-24-25-47-26-27-48-28-29-49-30-31-50-40-14-10-38(11-15-40)39-12-16-41(17-13-39)51-33-35-4-8-37(9-5-35)36-6-2-34(32-42)3-7-36/h2-17H,18-33H2,1H3. The summed E-state index contributed by atoms with van der Waals surface area (Å²) in [4.78, 5) is 0. The summed E-state index contributed by atoms with van der Waals surface area (Å²) in [6, 6.07) is 33.4. The van der Waals surface area contributed by atoms with Crippen molar-refractivity contribution in [2.45, 2.75) is 11.9 Å². The zero-order chi connectivity index (χ0) is 35.6. The first-order valence-corrected chi connectivity index (χ1v) is 18.5. The van der Waals surface area contributed by atoms with Crippen LogP contribution in [0.4, 0.5) is 0 Å². The Balaban J connectivity index is 0.974. The molecule has 4 aromatic carbocycles. The summed E-state index contributed by atoms with van der Waals surface area (Å²) in [6.45, 7) is 7.89. The minimum atomic E-state index is 0.467. The van der Waals surface area contributed by atoms with Crippen molar-refractivity contribution in [3.05, 3.63) is 108 Å². The first-order chi connectivity index (χ1) is 25.2. The summed E-state index contributed by atoms with van der Waals surface area (Å²) in [5.41, 5.74) is 7.03. The molecule has 4 aromatic rings. The van der Waals surface area contributed by atoms with Crippen LogP contribution in [0.2, 0.25) is 0 Å². The molecular formula is C41H51BrO9. The van der Waals surface area contributed by atoms with E-state index >= 15 is 0 Å². The lowest BCUT2D eigenvalue weighted by atomic mass is 10.0. The normalized spacial score (nSPS) is 11.2. The minimum Gasteiger partial charge on any atom is -0.491 e. The molecule has 0 N–H and O–H groups in total. The van der Waals surface area contributed by atoms with Gasteiger partial charge in [-0.05, 0) is 57.6 Å². The van der Waals surface area contributed by atoms with Crippen LogP contribution in [0.1, 0.15) is 11.1 Å². The number of rotatable bonds is 28. The monoisotopic (exact) mass is 766 g/mol. The number of methoxy groups -OCH3 is 1. The molecule has 0 aliphatic rings. The molecule has 0 amide bonds. The Morgan fingerprint density at radius 2 is 0.667 bits per heavy atom. The van der Waals surface area contributed by atoms with Gasteiger partial charge in [0.2, 0.25) is 0 Å². The summed E-state index contributed by atoms with van der Waals surface area (Å²) in [7, 11) is 1.65. The van der Waals surface area contributed by atoms with Gasteiger partial charge in [0.05, 0.1) is 85.9 Å². The lowest BCUT2D eigenvalue weighted by Gasteiger charge is -2.10. The van der Waals surface area contributed by atoms with Gasteiger partial charge in [-0.3, -0.25) is 0 Å². The van der Waals surface area contributed by atoms with E-state index < -0.39 is 0 Å². The van der Waals surface area contributed by atoms with Crippen molar-refractivity contribution in [2.75, 3.05) is 99.6 Å². The molecule has 0 saturated carbocycles. The molecule has 276 valence electrons. The largest absolute Gasteiger partial charge is 0.491 e. The van der Waals surface area contributed by atoms with Crippen LogP contribution in [0.25, 0.3) is 22.3 Å². The van der Waals surface area contributed by atoms with Crippen LogP contribution >= 0.6 is 15.9 Å². The summed E-state index contributed by atoms with van der Waals surface area (Å²) in [5.74, 6) is 1.64. The van der Waals surface area contributed by atoms with Gasteiger partial charge < -0.3 is 42.6 Å². The van der Waals surface area contributed by atoms with Crippen LogP contribution in [0, 0.1) is 0 Å². The van der Waals surface area contributed by atoms with E-state index in [0.29, 0.717) is 99.1 Å². The smallest absolute Gasteiger partial charge is 0.119 e. The number of benzene rings is 4. The van der Waals surface area contributed by atoms with E-state index in [1.165, 1.54) is 16.7 Å². The van der Waals surface area contributed by atoms with E-state index in [2.05, 4.69) is 88.7 Å². The molecule has 10 heteroatoms. The quantitative estimate of drug-likeness (QED) is 0.0429. The number of halogens is 1. The van der Waals surface area contributed by atoms with Gasteiger partial charge in [-0.25, -0.2) is 0 Å². The van der Waals surface area contributed by atoms with Crippen LogP contribution in [0.15, 0.2) is 97.1 Å². The van der Waals surface area contributed by atoms with Gasteiger partial charge in [0.25, 0.3) is 0 Å². The lowest BCUT2D eigenvalue weighted by Crippen LogP contribution is -2.15. The van der Waals surface area contributed by atoms with E-state index in [1.54, 1.807) is 7.11 Å². The molecule has 51 heavy (non-hydrogen) atoms. The van der Waals surface area contributed by atoms with Crippen LogP contribution < -0.4 is 9.47 Å². The fourth-order valence-electron chi connectivity index (χ4n) is 4.80. The Morgan fingerprint density at radius 3 is 1.04 bits per heavy atom. The van der Waals surface area contributed by atoms with E-state index in [4.69, 9.17) is 42.6 Å². The van der Waals surface area contributed by atoms with E-state index in [1.807, 2.05) is 24.3 Å². The second-order valence-electron chi connectivity index (χ2n) is 11.4.